The van der Waals surface area contributed by atoms with Crippen molar-refractivity contribution in [2.24, 2.45) is 5.73 Å². The van der Waals surface area contributed by atoms with Gasteiger partial charge in [-0.3, -0.25) is 4.79 Å². The van der Waals surface area contributed by atoms with E-state index >= 15 is 0 Å². The molecular formula is C11H14ClN3O3S2. The fourth-order valence-corrected chi connectivity index (χ4v) is 3.01. The van der Waals surface area contributed by atoms with Crippen molar-refractivity contribution >= 4 is 44.7 Å². The van der Waals surface area contributed by atoms with Gasteiger partial charge < -0.3 is 11.1 Å². The largest absolute Gasteiger partial charge is 0.389 e. The van der Waals surface area contributed by atoms with Crippen LogP contribution in [-0.4, -0.2) is 32.4 Å². The summed E-state index contributed by atoms with van der Waals surface area (Å²) in [7, 11) is -3.69. The number of nitrogens with two attached hydrogens (primary N) is 1. The topological polar surface area (TPSA) is 101 Å². The predicted molar refractivity (Wildman–Crippen MR) is 81.2 cm³/mol. The van der Waals surface area contributed by atoms with Gasteiger partial charge in [-0.15, -0.1) is 0 Å². The first-order chi connectivity index (χ1) is 9.24. The Morgan fingerprint density at radius 3 is 2.55 bits per heavy atom. The zero-order valence-electron chi connectivity index (χ0n) is 10.6. The number of hydrogen-bond acceptors (Lipinski definition) is 4. The number of amides is 1. The molecule has 0 fully saturated rings. The van der Waals surface area contributed by atoms with Crippen LogP contribution in [0.3, 0.4) is 0 Å². The minimum Gasteiger partial charge on any atom is -0.389 e. The highest BCUT2D eigenvalue weighted by Gasteiger charge is 2.15. The summed E-state index contributed by atoms with van der Waals surface area (Å²) < 4.78 is 26.3. The zero-order chi connectivity index (χ0) is 15.3. The van der Waals surface area contributed by atoms with Crippen LogP contribution in [0.2, 0.25) is 5.02 Å². The molecule has 110 valence electrons. The molecule has 0 spiro atoms. The molecule has 9 heteroatoms. The third kappa shape index (κ3) is 4.71. The van der Waals surface area contributed by atoms with Crippen molar-refractivity contribution < 1.29 is 13.2 Å². The minimum atomic E-state index is -3.69. The quantitative estimate of drug-likeness (QED) is 0.515. The van der Waals surface area contributed by atoms with Gasteiger partial charge in [-0.05, 0) is 18.2 Å². The van der Waals surface area contributed by atoms with Gasteiger partial charge in [-0.25, -0.2) is 13.1 Å². The number of carbonyl (C=O) groups is 1. The molecule has 0 aliphatic heterocycles. The highest BCUT2D eigenvalue weighted by molar-refractivity contribution is 7.89. The lowest BCUT2D eigenvalue weighted by Gasteiger charge is -2.09. The first-order valence-corrected chi connectivity index (χ1v) is 7.84. The molecule has 0 saturated carbocycles. The Labute approximate surface area is 127 Å². The van der Waals surface area contributed by atoms with E-state index in [1.807, 2.05) is 0 Å². The summed E-state index contributed by atoms with van der Waals surface area (Å²) in [6.07, 6.45) is 0. The maximum Gasteiger partial charge on any atom is 0.240 e. The van der Waals surface area contributed by atoms with E-state index in [-0.39, 0.29) is 33.9 Å². The fraction of sp³-hybridized carbons (Fsp3) is 0.273. The van der Waals surface area contributed by atoms with Gasteiger partial charge in [-0.2, -0.15) is 0 Å². The van der Waals surface area contributed by atoms with Gasteiger partial charge in [0, 0.05) is 25.6 Å². The highest BCUT2D eigenvalue weighted by Crippen LogP contribution is 2.20. The summed E-state index contributed by atoms with van der Waals surface area (Å²) >= 11 is 10.7. The average Bonchev–Trinajstić information content (AvgIpc) is 2.34. The Morgan fingerprint density at radius 2 is 2.05 bits per heavy atom. The van der Waals surface area contributed by atoms with Crippen molar-refractivity contribution in [1.82, 2.24) is 10.0 Å². The minimum absolute atomic E-state index is 0.00493. The molecule has 20 heavy (non-hydrogen) atoms. The van der Waals surface area contributed by atoms with Crippen LogP contribution in [0.5, 0.6) is 0 Å². The van der Waals surface area contributed by atoms with Crippen LogP contribution in [0.4, 0.5) is 0 Å². The summed E-state index contributed by atoms with van der Waals surface area (Å²) in [5, 5.41) is 2.65. The fourth-order valence-electron chi connectivity index (χ4n) is 1.37. The summed E-state index contributed by atoms with van der Waals surface area (Å²) in [6.45, 7) is 1.63. The molecule has 1 aromatic rings. The van der Waals surface area contributed by atoms with Gasteiger partial charge in [0.25, 0.3) is 0 Å². The Hall–Kier alpha value is -1.22. The lowest BCUT2D eigenvalue weighted by atomic mass is 10.2. The van der Waals surface area contributed by atoms with Gasteiger partial charge in [0.2, 0.25) is 15.9 Å². The van der Waals surface area contributed by atoms with E-state index in [4.69, 9.17) is 29.6 Å². The molecule has 1 aromatic carbocycles. The molecule has 0 heterocycles. The van der Waals surface area contributed by atoms with Gasteiger partial charge in [0.1, 0.15) is 4.99 Å². The van der Waals surface area contributed by atoms with Crippen LogP contribution in [0, 0.1) is 0 Å². The summed E-state index contributed by atoms with van der Waals surface area (Å²) in [5.41, 5.74) is 5.86. The van der Waals surface area contributed by atoms with Crippen molar-refractivity contribution in [2.75, 3.05) is 13.1 Å². The number of rotatable bonds is 6. The van der Waals surface area contributed by atoms with Gasteiger partial charge in [-0.1, -0.05) is 23.8 Å². The molecule has 0 radical (unpaired) electrons. The molecular weight excluding hydrogens is 322 g/mol. The Balaban J connectivity index is 2.80. The summed E-state index contributed by atoms with van der Waals surface area (Å²) in [5.74, 6) is -0.229. The van der Waals surface area contributed by atoms with Crippen molar-refractivity contribution in [2.45, 2.75) is 11.8 Å². The zero-order valence-corrected chi connectivity index (χ0v) is 13.0. The molecule has 0 bridgehead atoms. The predicted octanol–water partition coefficient (Wildman–Crippen LogP) is 0.389. The van der Waals surface area contributed by atoms with Crippen LogP contribution >= 0.6 is 23.8 Å². The van der Waals surface area contributed by atoms with Crippen LogP contribution in [0.1, 0.15) is 12.5 Å². The molecule has 0 unspecified atom stereocenters. The maximum atomic E-state index is 12.0. The molecule has 0 aliphatic carbocycles. The Kier molecular flexibility index (Phi) is 5.88. The number of halogens is 1. The van der Waals surface area contributed by atoms with E-state index in [1.54, 1.807) is 0 Å². The molecule has 1 amide bonds. The molecule has 0 aromatic heterocycles. The molecule has 4 N–H and O–H groups in total. The van der Waals surface area contributed by atoms with Crippen molar-refractivity contribution in [3.8, 4) is 0 Å². The number of nitrogens with one attached hydrogen (secondary N) is 2. The second-order valence-electron chi connectivity index (χ2n) is 3.89. The smallest absolute Gasteiger partial charge is 0.240 e. The van der Waals surface area contributed by atoms with E-state index in [0.29, 0.717) is 5.56 Å². The van der Waals surface area contributed by atoms with Gasteiger partial charge in [0.15, 0.2) is 0 Å². The number of carbonyl (C=O) groups excluding carboxylic acids is 1. The molecule has 0 saturated heterocycles. The third-order valence-corrected chi connectivity index (χ3v) is 4.30. The SMILES string of the molecule is CC(=O)NCCNS(=O)(=O)c1ccc(C(N)=S)c(Cl)c1. The Bertz CT molecular complexity index is 632. The van der Waals surface area contributed by atoms with Crippen molar-refractivity contribution in [3.05, 3.63) is 28.8 Å². The molecule has 1 rings (SSSR count). The third-order valence-electron chi connectivity index (χ3n) is 2.31. The van der Waals surface area contributed by atoms with Crippen LogP contribution in [0.25, 0.3) is 0 Å². The number of benzene rings is 1. The average molecular weight is 336 g/mol. The second kappa shape index (κ2) is 6.98. The summed E-state index contributed by atoms with van der Waals surface area (Å²) in [4.78, 5) is 10.8. The second-order valence-corrected chi connectivity index (χ2v) is 6.50. The molecule has 0 aliphatic rings. The van der Waals surface area contributed by atoms with Gasteiger partial charge in [0.05, 0.1) is 9.92 Å². The van der Waals surface area contributed by atoms with Crippen molar-refractivity contribution in [1.29, 1.82) is 0 Å². The van der Waals surface area contributed by atoms with E-state index < -0.39 is 10.0 Å². The lowest BCUT2D eigenvalue weighted by molar-refractivity contribution is -0.118. The number of sulfonamides is 1. The monoisotopic (exact) mass is 335 g/mol. The Morgan fingerprint density at radius 1 is 1.40 bits per heavy atom. The first-order valence-electron chi connectivity index (χ1n) is 5.57. The van der Waals surface area contributed by atoms with Crippen molar-refractivity contribution in [3.63, 3.8) is 0 Å². The van der Waals surface area contributed by atoms with Gasteiger partial charge >= 0.3 is 0 Å². The normalized spacial score (nSPS) is 11.1. The van der Waals surface area contributed by atoms with Crippen LogP contribution < -0.4 is 15.8 Å². The van der Waals surface area contributed by atoms with Crippen LogP contribution in [-0.2, 0) is 14.8 Å². The first kappa shape index (κ1) is 16.8. The summed E-state index contributed by atoms with van der Waals surface area (Å²) in [6, 6.07) is 4.09. The maximum absolute atomic E-state index is 12.0. The van der Waals surface area contributed by atoms with E-state index in [0.717, 1.165) is 0 Å². The molecule has 6 nitrogen and oxygen atoms in total. The standard InChI is InChI=1S/C11H14ClN3O3S2/c1-7(16)14-4-5-15-20(17,18)8-2-3-9(11(13)19)10(12)6-8/h2-3,6,15H,4-5H2,1H3,(H2,13,19)(H,14,16). The van der Waals surface area contributed by atoms with E-state index in [9.17, 15) is 13.2 Å². The number of thiocarbonyl (C=S) groups is 1. The van der Waals surface area contributed by atoms with E-state index in [1.165, 1.54) is 25.1 Å². The number of hydrogen-bond donors (Lipinski definition) is 3. The lowest BCUT2D eigenvalue weighted by Crippen LogP contribution is -2.33. The van der Waals surface area contributed by atoms with Crippen LogP contribution in [0.15, 0.2) is 23.1 Å². The van der Waals surface area contributed by atoms with E-state index in [2.05, 4.69) is 10.0 Å². The highest BCUT2D eigenvalue weighted by atomic mass is 35.5. The molecule has 0 atom stereocenters.